The van der Waals surface area contributed by atoms with E-state index in [2.05, 4.69) is 11.9 Å². The molecule has 1 heterocycles. The number of nitrogens with zero attached hydrogens (tertiary/aromatic N) is 1. The largest absolute Gasteiger partial charge is 0.393 e. The van der Waals surface area contributed by atoms with Crippen molar-refractivity contribution in [3.63, 3.8) is 0 Å². The summed E-state index contributed by atoms with van der Waals surface area (Å²) in [5, 5.41) is 9.08. The minimum absolute atomic E-state index is 0.218. The van der Waals surface area contributed by atoms with E-state index in [0.717, 1.165) is 12.8 Å². The molecular weight excluding hydrogens is 150 g/mol. The highest BCUT2D eigenvalue weighted by atomic mass is 16.3. The van der Waals surface area contributed by atoms with Gasteiger partial charge in [-0.3, -0.25) is 4.98 Å². The Morgan fingerprint density at radius 2 is 2.33 bits per heavy atom. The average molecular weight is 165 g/mol. The van der Waals surface area contributed by atoms with E-state index >= 15 is 0 Å². The number of pyridine rings is 1. The molecule has 1 aromatic heterocycles. The fourth-order valence-corrected chi connectivity index (χ4v) is 1.12. The van der Waals surface area contributed by atoms with Gasteiger partial charge in [0.05, 0.1) is 6.10 Å². The van der Waals surface area contributed by atoms with Crippen molar-refractivity contribution in [3.05, 3.63) is 29.6 Å². The second kappa shape index (κ2) is 4.21. The third-order valence-corrected chi connectivity index (χ3v) is 1.98. The predicted octanol–water partition coefficient (Wildman–Crippen LogP) is 1.70. The first-order valence-electron chi connectivity index (χ1n) is 4.27. The number of rotatable bonds is 3. The van der Waals surface area contributed by atoms with Crippen LogP contribution >= 0.6 is 0 Å². The molecule has 0 saturated carbocycles. The SMILES string of the molecule is Cc1ccncc1CC[C@@H](C)O. The molecular formula is C10H15NO. The van der Waals surface area contributed by atoms with Gasteiger partial charge in [-0.15, -0.1) is 0 Å². The molecule has 0 aromatic carbocycles. The van der Waals surface area contributed by atoms with Crippen molar-refractivity contribution in [2.75, 3.05) is 0 Å². The lowest BCUT2D eigenvalue weighted by molar-refractivity contribution is 0.185. The molecule has 0 radical (unpaired) electrons. The maximum Gasteiger partial charge on any atom is 0.0515 e. The molecule has 0 spiro atoms. The highest BCUT2D eigenvalue weighted by Gasteiger charge is 2.00. The highest BCUT2D eigenvalue weighted by Crippen LogP contribution is 2.08. The Morgan fingerprint density at radius 3 is 2.92 bits per heavy atom. The first kappa shape index (κ1) is 9.20. The minimum atomic E-state index is -0.218. The molecule has 0 aliphatic rings. The normalized spacial score (nSPS) is 12.9. The number of aliphatic hydroxyl groups is 1. The third kappa shape index (κ3) is 2.62. The van der Waals surface area contributed by atoms with Crippen LogP contribution in [0.15, 0.2) is 18.5 Å². The molecule has 1 N–H and O–H groups in total. The van der Waals surface area contributed by atoms with Crippen LogP contribution in [0.25, 0.3) is 0 Å². The molecule has 2 nitrogen and oxygen atoms in total. The van der Waals surface area contributed by atoms with Crippen LogP contribution in [0.4, 0.5) is 0 Å². The summed E-state index contributed by atoms with van der Waals surface area (Å²) in [7, 11) is 0. The van der Waals surface area contributed by atoms with Crippen molar-refractivity contribution in [1.82, 2.24) is 4.98 Å². The Kier molecular flexibility index (Phi) is 3.23. The number of hydrogen-bond acceptors (Lipinski definition) is 2. The predicted molar refractivity (Wildman–Crippen MR) is 49.0 cm³/mol. The van der Waals surface area contributed by atoms with Gasteiger partial charge in [0.25, 0.3) is 0 Å². The third-order valence-electron chi connectivity index (χ3n) is 1.98. The topological polar surface area (TPSA) is 33.1 Å². The lowest BCUT2D eigenvalue weighted by Crippen LogP contribution is -2.02. The van der Waals surface area contributed by atoms with E-state index in [1.807, 2.05) is 19.2 Å². The van der Waals surface area contributed by atoms with Gasteiger partial charge in [-0.1, -0.05) is 0 Å². The van der Waals surface area contributed by atoms with Gasteiger partial charge in [-0.25, -0.2) is 0 Å². The summed E-state index contributed by atoms with van der Waals surface area (Å²) < 4.78 is 0. The summed E-state index contributed by atoms with van der Waals surface area (Å²) >= 11 is 0. The van der Waals surface area contributed by atoms with E-state index in [-0.39, 0.29) is 6.10 Å². The number of aromatic nitrogens is 1. The van der Waals surface area contributed by atoms with Crippen LogP contribution in [0.1, 0.15) is 24.5 Å². The van der Waals surface area contributed by atoms with Gasteiger partial charge in [0.1, 0.15) is 0 Å². The van der Waals surface area contributed by atoms with Crippen LogP contribution in [0.2, 0.25) is 0 Å². The molecule has 0 aliphatic carbocycles. The van der Waals surface area contributed by atoms with Crippen LogP contribution in [0.3, 0.4) is 0 Å². The Hall–Kier alpha value is -0.890. The molecule has 0 fully saturated rings. The highest BCUT2D eigenvalue weighted by molar-refractivity contribution is 5.21. The van der Waals surface area contributed by atoms with Crippen molar-refractivity contribution in [2.45, 2.75) is 32.8 Å². The van der Waals surface area contributed by atoms with Crippen molar-refractivity contribution >= 4 is 0 Å². The van der Waals surface area contributed by atoms with Crippen molar-refractivity contribution in [2.24, 2.45) is 0 Å². The summed E-state index contributed by atoms with van der Waals surface area (Å²) in [6.45, 7) is 3.88. The second-order valence-corrected chi connectivity index (χ2v) is 3.19. The molecule has 1 rings (SSSR count). The second-order valence-electron chi connectivity index (χ2n) is 3.19. The number of aliphatic hydroxyl groups excluding tert-OH is 1. The van der Waals surface area contributed by atoms with Crippen LogP contribution in [0.5, 0.6) is 0 Å². The zero-order valence-electron chi connectivity index (χ0n) is 7.62. The molecule has 0 aliphatic heterocycles. The fourth-order valence-electron chi connectivity index (χ4n) is 1.12. The lowest BCUT2D eigenvalue weighted by Gasteiger charge is -2.05. The Balaban J connectivity index is 2.57. The van der Waals surface area contributed by atoms with Gasteiger partial charge >= 0.3 is 0 Å². The number of hydrogen-bond donors (Lipinski definition) is 1. The van der Waals surface area contributed by atoms with Gasteiger partial charge in [0, 0.05) is 12.4 Å². The first-order chi connectivity index (χ1) is 5.70. The maximum absolute atomic E-state index is 9.08. The first-order valence-corrected chi connectivity index (χ1v) is 4.27. The maximum atomic E-state index is 9.08. The van der Waals surface area contributed by atoms with E-state index in [9.17, 15) is 0 Å². The molecule has 1 atom stereocenters. The summed E-state index contributed by atoms with van der Waals surface area (Å²) in [5.74, 6) is 0. The average Bonchev–Trinajstić information content (AvgIpc) is 2.03. The van der Waals surface area contributed by atoms with Crippen molar-refractivity contribution < 1.29 is 5.11 Å². The fraction of sp³-hybridized carbons (Fsp3) is 0.500. The van der Waals surface area contributed by atoms with Gasteiger partial charge in [0.2, 0.25) is 0 Å². The zero-order valence-corrected chi connectivity index (χ0v) is 7.62. The number of aryl methyl sites for hydroxylation is 2. The molecule has 0 unspecified atom stereocenters. The monoisotopic (exact) mass is 165 g/mol. The summed E-state index contributed by atoms with van der Waals surface area (Å²) in [6.07, 6.45) is 5.17. The van der Waals surface area contributed by atoms with Gasteiger partial charge in [-0.05, 0) is 43.9 Å². The molecule has 2 heteroatoms. The smallest absolute Gasteiger partial charge is 0.0515 e. The molecule has 1 aromatic rings. The van der Waals surface area contributed by atoms with Gasteiger partial charge in [-0.2, -0.15) is 0 Å². The summed E-state index contributed by atoms with van der Waals surface area (Å²) in [4.78, 5) is 4.04. The Morgan fingerprint density at radius 1 is 1.58 bits per heavy atom. The summed E-state index contributed by atoms with van der Waals surface area (Å²) in [5.41, 5.74) is 2.49. The van der Waals surface area contributed by atoms with E-state index < -0.39 is 0 Å². The Bertz CT molecular complexity index is 245. The van der Waals surface area contributed by atoms with Gasteiger partial charge < -0.3 is 5.11 Å². The van der Waals surface area contributed by atoms with Crippen LogP contribution in [0, 0.1) is 6.92 Å². The van der Waals surface area contributed by atoms with Gasteiger partial charge in [0.15, 0.2) is 0 Å². The van der Waals surface area contributed by atoms with Crippen molar-refractivity contribution in [3.8, 4) is 0 Å². The van der Waals surface area contributed by atoms with E-state index in [0.29, 0.717) is 0 Å². The molecule has 66 valence electrons. The minimum Gasteiger partial charge on any atom is -0.393 e. The molecule has 12 heavy (non-hydrogen) atoms. The molecule has 0 saturated heterocycles. The van der Waals surface area contributed by atoms with E-state index in [1.165, 1.54) is 11.1 Å². The van der Waals surface area contributed by atoms with Crippen molar-refractivity contribution in [1.29, 1.82) is 0 Å². The quantitative estimate of drug-likeness (QED) is 0.739. The molecule has 0 bridgehead atoms. The summed E-state index contributed by atoms with van der Waals surface area (Å²) in [6, 6.07) is 2.00. The standard InChI is InChI=1S/C10H15NO/c1-8-5-6-11-7-10(8)4-3-9(2)12/h5-7,9,12H,3-4H2,1-2H3/t9-/m1/s1. The lowest BCUT2D eigenvalue weighted by atomic mass is 10.1. The van der Waals surface area contributed by atoms with Crippen LogP contribution in [-0.2, 0) is 6.42 Å². The van der Waals surface area contributed by atoms with E-state index in [1.54, 1.807) is 6.20 Å². The van der Waals surface area contributed by atoms with E-state index in [4.69, 9.17) is 5.11 Å². The van der Waals surface area contributed by atoms with Crippen LogP contribution < -0.4 is 0 Å². The zero-order chi connectivity index (χ0) is 8.97. The Labute approximate surface area is 73.3 Å². The molecule has 0 amide bonds. The van der Waals surface area contributed by atoms with Crippen LogP contribution in [-0.4, -0.2) is 16.2 Å².